The van der Waals surface area contributed by atoms with E-state index in [2.05, 4.69) is 6.58 Å². The van der Waals surface area contributed by atoms with Crippen molar-refractivity contribution < 1.29 is 28.8 Å². The minimum atomic E-state index is 0.0266. The van der Waals surface area contributed by atoms with Crippen molar-refractivity contribution in [3.8, 4) is 0 Å². The van der Waals surface area contributed by atoms with Crippen molar-refractivity contribution in [3.63, 3.8) is 0 Å². The van der Waals surface area contributed by atoms with Crippen LogP contribution < -0.4 is 0 Å². The van der Waals surface area contributed by atoms with Gasteiger partial charge < -0.3 is 28.8 Å². The molecule has 0 aromatic rings. The molecule has 0 heterocycles. The van der Waals surface area contributed by atoms with Gasteiger partial charge in [-0.15, -0.1) is 0 Å². The Morgan fingerprint density at radius 3 is 2.33 bits per heavy atom. The first-order chi connectivity index (χ1) is 10.3. The molecule has 0 saturated carbocycles. The van der Waals surface area contributed by atoms with Gasteiger partial charge in [0.2, 0.25) is 0 Å². The van der Waals surface area contributed by atoms with Gasteiger partial charge in [0.05, 0.1) is 65.2 Å². The fourth-order valence-corrected chi connectivity index (χ4v) is 1.47. The minimum Gasteiger partial charge on any atom is -0.502 e. The molecule has 0 aliphatic rings. The zero-order chi connectivity index (χ0) is 15.6. The standard InChI is InChI=1S/C15H30O6/c1-3-17-7-4-5-8-18-10-11-20-14-15(2)21-13-12-19-9-6-16/h3,15-16H,1,4-14H2,2H3. The van der Waals surface area contributed by atoms with E-state index in [1.165, 1.54) is 6.26 Å². The number of aliphatic hydroxyl groups excluding tert-OH is 1. The van der Waals surface area contributed by atoms with Crippen molar-refractivity contribution in [1.82, 2.24) is 0 Å². The van der Waals surface area contributed by atoms with Gasteiger partial charge in [0.1, 0.15) is 0 Å². The SMILES string of the molecule is C=COCCCCOCCOCC(C)OCCOCCO. The number of rotatable bonds is 17. The van der Waals surface area contributed by atoms with Gasteiger partial charge in [-0.05, 0) is 19.8 Å². The Balaban J connectivity index is 3.10. The van der Waals surface area contributed by atoms with Crippen LogP contribution in [0.25, 0.3) is 0 Å². The van der Waals surface area contributed by atoms with Gasteiger partial charge in [-0.3, -0.25) is 0 Å². The minimum absolute atomic E-state index is 0.0266. The summed E-state index contributed by atoms with van der Waals surface area (Å²) in [5.74, 6) is 0. The highest BCUT2D eigenvalue weighted by atomic mass is 16.6. The van der Waals surface area contributed by atoms with E-state index in [1.54, 1.807) is 0 Å². The number of unbranched alkanes of at least 4 members (excludes halogenated alkanes) is 1. The molecule has 0 aliphatic heterocycles. The van der Waals surface area contributed by atoms with Gasteiger partial charge in [0.25, 0.3) is 0 Å². The Labute approximate surface area is 128 Å². The molecule has 0 rings (SSSR count). The van der Waals surface area contributed by atoms with E-state index in [4.69, 9.17) is 28.8 Å². The average Bonchev–Trinajstić information content (AvgIpc) is 2.49. The monoisotopic (exact) mass is 306 g/mol. The molecule has 6 heteroatoms. The number of hydrogen-bond acceptors (Lipinski definition) is 6. The molecule has 0 aromatic heterocycles. The zero-order valence-corrected chi connectivity index (χ0v) is 13.1. The van der Waals surface area contributed by atoms with E-state index >= 15 is 0 Å². The predicted octanol–water partition coefficient (Wildman–Crippen LogP) is 1.37. The van der Waals surface area contributed by atoms with Crippen LogP contribution in [0.15, 0.2) is 12.8 Å². The summed E-state index contributed by atoms with van der Waals surface area (Å²) in [7, 11) is 0. The summed E-state index contributed by atoms with van der Waals surface area (Å²) in [6, 6.07) is 0. The highest BCUT2D eigenvalue weighted by molar-refractivity contribution is 4.49. The lowest BCUT2D eigenvalue weighted by Gasteiger charge is -2.13. The lowest BCUT2D eigenvalue weighted by atomic mass is 10.3. The molecule has 0 aliphatic carbocycles. The van der Waals surface area contributed by atoms with Crippen LogP contribution in [0, 0.1) is 0 Å². The average molecular weight is 306 g/mol. The van der Waals surface area contributed by atoms with Crippen LogP contribution in [0.5, 0.6) is 0 Å². The quantitative estimate of drug-likeness (QED) is 0.323. The second kappa shape index (κ2) is 17.4. The maximum Gasteiger partial charge on any atom is 0.0873 e. The summed E-state index contributed by atoms with van der Waals surface area (Å²) in [5, 5.41) is 8.53. The Morgan fingerprint density at radius 1 is 0.905 bits per heavy atom. The van der Waals surface area contributed by atoms with E-state index in [0.717, 1.165) is 19.4 Å². The van der Waals surface area contributed by atoms with Crippen molar-refractivity contribution in [3.05, 3.63) is 12.8 Å². The summed E-state index contributed by atoms with van der Waals surface area (Å²) in [6.07, 6.45) is 3.42. The second-order valence-electron chi connectivity index (χ2n) is 4.45. The third-order valence-corrected chi connectivity index (χ3v) is 2.51. The third kappa shape index (κ3) is 17.3. The van der Waals surface area contributed by atoms with Crippen LogP contribution in [-0.2, 0) is 23.7 Å². The Morgan fingerprint density at radius 2 is 1.57 bits per heavy atom. The van der Waals surface area contributed by atoms with Crippen LogP contribution in [0.3, 0.4) is 0 Å². The molecule has 0 radical (unpaired) electrons. The van der Waals surface area contributed by atoms with E-state index in [1.807, 2.05) is 6.92 Å². The molecule has 0 bridgehead atoms. The molecule has 0 fully saturated rings. The van der Waals surface area contributed by atoms with Gasteiger partial charge >= 0.3 is 0 Å². The normalized spacial score (nSPS) is 12.3. The van der Waals surface area contributed by atoms with Gasteiger partial charge in [-0.2, -0.15) is 0 Å². The zero-order valence-electron chi connectivity index (χ0n) is 13.1. The molecule has 0 amide bonds. The number of ether oxygens (including phenoxy) is 5. The maximum absolute atomic E-state index is 8.53. The largest absolute Gasteiger partial charge is 0.502 e. The van der Waals surface area contributed by atoms with Gasteiger partial charge in [0.15, 0.2) is 0 Å². The highest BCUT2D eigenvalue weighted by Gasteiger charge is 2.02. The molecule has 126 valence electrons. The van der Waals surface area contributed by atoms with Crippen LogP contribution in [0.4, 0.5) is 0 Å². The maximum atomic E-state index is 8.53. The molecule has 1 unspecified atom stereocenters. The molecule has 6 nitrogen and oxygen atoms in total. The van der Waals surface area contributed by atoms with Crippen molar-refractivity contribution in [2.45, 2.75) is 25.9 Å². The lowest BCUT2D eigenvalue weighted by Crippen LogP contribution is -2.20. The molecule has 1 atom stereocenters. The first-order valence-corrected chi connectivity index (χ1v) is 7.49. The summed E-state index contributed by atoms with van der Waals surface area (Å²) in [4.78, 5) is 0. The Hall–Kier alpha value is -0.660. The molecule has 1 N–H and O–H groups in total. The topological polar surface area (TPSA) is 66.4 Å². The van der Waals surface area contributed by atoms with Crippen LogP contribution >= 0.6 is 0 Å². The van der Waals surface area contributed by atoms with Crippen molar-refractivity contribution >= 4 is 0 Å². The van der Waals surface area contributed by atoms with Crippen molar-refractivity contribution in [2.24, 2.45) is 0 Å². The summed E-state index contributed by atoms with van der Waals surface area (Å²) in [5.41, 5.74) is 0. The first-order valence-electron chi connectivity index (χ1n) is 7.49. The smallest absolute Gasteiger partial charge is 0.0873 e. The lowest BCUT2D eigenvalue weighted by molar-refractivity contribution is -0.0422. The summed E-state index contributed by atoms with van der Waals surface area (Å²) in [6.45, 7) is 9.93. The van der Waals surface area contributed by atoms with Crippen molar-refractivity contribution in [1.29, 1.82) is 0 Å². The Bertz CT molecular complexity index is 212. The van der Waals surface area contributed by atoms with Crippen LogP contribution in [-0.4, -0.2) is 70.7 Å². The predicted molar refractivity (Wildman–Crippen MR) is 80.3 cm³/mol. The fraction of sp³-hybridized carbons (Fsp3) is 0.867. The van der Waals surface area contributed by atoms with Crippen LogP contribution in [0.1, 0.15) is 19.8 Å². The third-order valence-electron chi connectivity index (χ3n) is 2.51. The number of aliphatic hydroxyl groups is 1. The first kappa shape index (κ1) is 20.3. The van der Waals surface area contributed by atoms with E-state index in [-0.39, 0.29) is 12.7 Å². The van der Waals surface area contributed by atoms with Gasteiger partial charge in [-0.1, -0.05) is 6.58 Å². The molecular weight excluding hydrogens is 276 g/mol. The molecule has 0 saturated heterocycles. The summed E-state index contributed by atoms with van der Waals surface area (Å²) < 4.78 is 26.5. The molecule has 21 heavy (non-hydrogen) atoms. The van der Waals surface area contributed by atoms with Gasteiger partial charge in [-0.25, -0.2) is 0 Å². The van der Waals surface area contributed by atoms with E-state index in [0.29, 0.717) is 46.2 Å². The highest BCUT2D eigenvalue weighted by Crippen LogP contribution is 1.94. The molecular formula is C15H30O6. The fourth-order valence-electron chi connectivity index (χ4n) is 1.47. The van der Waals surface area contributed by atoms with Gasteiger partial charge in [0, 0.05) is 6.61 Å². The van der Waals surface area contributed by atoms with Crippen LogP contribution in [0.2, 0.25) is 0 Å². The molecule has 0 aromatic carbocycles. The summed E-state index contributed by atoms with van der Waals surface area (Å²) >= 11 is 0. The number of hydrogen-bond donors (Lipinski definition) is 1. The molecule has 0 spiro atoms. The van der Waals surface area contributed by atoms with E-state index in [9.17, 15) is 0 Å². The van der Waals surface area contributed by atoms with Crippen molar-refractivity contribution in [2.75, 3.05) is 59.5 Å². The second-order valence-corrected chi connectivity index (χ2v) is 4.45. The Kier molecular flexibility index (Phi) is 16.8. The van der Waals surface area contributed by atoms with E-state index < -0.39 is 0 Å².